The van der Waals surface area contributed by atoms with E-state index >= 15 is 0 Å². The predicted molar refractivity (Wildman–Crippen MR) is 125 cm³/mol. The minimum atomic E-state index is -0.0761. The molecule has 0 unspecified atom stereocenters. The number of anilines is 3. The van der Waals surface area contributed by atoms with Crippen molar-refractivity contribution >= 4 is 40.3 Å². The number of hydrogen-bond donors (Lipinski definition) is 4. The molecule has 5 N–H and O–H groups in total. The lowest BCUT2D eigenvalue weighted by Crippen LogP contribution is -2.47. The second kappa shape index (κ2) is 8.83. The van der Waals surface area contributed by atoms with Crippen molar-refractivity contribution in [3.8, 4) is 5.75 Å². The predicted octanol–water partition coefficient (Wildman–Crippen LogP) is 2.46. The van der Waals surface area contributed by atoms with Crippen molar-refractivity contribution in [3.63, 3.8) is 0 Å². The van der Waals surface area contributed by atoms with Gasteiger partial charge < -0.3 is 36.0 Å². The number of piperazine rings is 1. The molecule has 1 amide bonds. The van der Waals surface area contributed by atoms with Gasteiger partial charge in [0.05, 0.1) is 22.7 Å². The summed E-state index contributed by atoms with van der Waals surface area (Å²) in [4.78, 5) is 29.1. The Morgan fingerprint density at radius 3 is 2.72 bits per heavy atom. The van der Waals surface area contributed by atoms with Crippen molar-refractivity contribution in [1.29, 1.82) is 5.41 Å². The molecule has 10 nitrogen and oxygen atoms in total. The van der Waals surface area contributed by atoms with E-state index in [4.69, 9.17) is 15.9 Å². The number of hydrogen-bond acceptors (Lipinski definition) is 8. The Kier molecular flexibility index (Phi) is 5.95. The fraction of sp³-hybridized carbons (Fsp3) is 0.364. The second-order valence-electron chi connectivity index (χ2n) is 8.16. The highest BCUT2D eigenvalue weighted by Crippen LogP contribution is 2.35. The number of nitrogens with zero attached hydrogens (tertiary/aromatic N) is 4. The highest BCUT2D eigenvalue weighted by molar-refractivity contribution is 6.10. The van der Waals surface area contributed by atoms with Gasteiger partial charge in [0.1, 0.15) is 23.5 Å². The van der Waals surface area contributed by atoms with Crippen LogP contribution in [0.5, 0.6) is 5.75 Å². The first kappa shape index (κ1) is 21.6. The molecule has 3 heterocycles. The van der Waals surface area contributed by atoms with Gasteiger partial charge in [-0.25, -0.2) is 9.97 Å². The van der Waals surface area contributed by atoms with Gasteiger partial charge >= 0.3 is 0 Å². The van der Waals surface area contributed by atoms with Crippen LogP contribution in [0.1, 0.15) is 29.8 Å². The number of H-pyrrole nitrogens is 1. The molecule has 1 saturated heterocycles. The van der Waals surface area contributed by atoms with Crippen LogP contribution in [-0.2, 0) is 0 Å². The van der Waals surface area contributed by atoms with Gasteiger partial charge in [-0.15, -0.1) is 0 Å². The molecular formula is C22H28N8O2. The van der Waals surface area contributed by atoms with Crippen molar-refractivity contribution in [2.24, 2.45) is 0 Å². The number of likely N-dealkylation sites (N-methyl/N-ethyl adjacent to an activating group) is 1. The summed E-state index contributed by atoms with van der Waals surface area (Å²) in [7, 11) is 2.05. The maximum absolute atomic E-state index is 13.3. The van der Waals surface area contributed by atoms with E-state index in [1.54, 1.807) is 18.3 Å². The molecule has 0 saturated carbocycles. The SMILES string of the molecule is CC(C)Oc1cc(N)c(C=N)cc1Nc1ncnc2[nH]cc(C(=O)N3CCN(C)CC3)c12. The van der Waals surface area contributed by atoms with Crippen LogP contribution in [0.15, 0.2) is 24.7 Å². The first-order valence-electron chi connectivity index (χ1n) is 10.5. The van der Waals surface area contributed by atoms with Crippen molar-refractivity contribution in [2.75, 3.05) is 44.3 Å². The fourth-order valence-electron chi connectivity index (χ4n) is 3.72. The summed E-state index contributed by atoms with van der Waals surface area (Å²) in [6, 6.07) is 3.43. The molecule has 3 aromatic rings. The lowest BCUT2D eigenvalue weighted by atomic mass is 10.1. The zero-order chi connectivity index (χ0) is 22.8. The van der Waals surface area contributed by atoms with Gasteiger partial charge in [0.2, 0.25) is 0 Å². The Hall–Kier alpha value is -3.66. The summed E-state index contributed by atoms with van der Waals surface area (Å²) in [5.41, 5.74) is 8.74. The van der Waals surface area contributed by atoms with E-state index < -0.39 is 0 Å². The lowest BCUT2D eigenvalue weighted by Gasteiger charge is -2.32. The molecule has 1 aliphatic rings. The number of aromatic nitrogens is 3. The minimum Gasteiger partial charge on any atom is -0.489 e. The molecule has 0 bridgehead atoms. The number of amides is 1. The summed E-state index contributed by atoms with van der Waals surface area (Å²) in [5.74, 6) is 0.957. The van der Waals surface area contributed by atoms with E-state index in [1.807, 2.05) is 18.7 Å². The van der Waals surface area contributed by atoms with Crippen LogP contribution in [-0.4, -0.2) is 76.2 Å². The zero-order valence-corrected chi connectivity index (χ0v) is 18.5. The number of aromatic amines is 1. The van der Waals surface area contributed by atoms with Crippen LogP contribution in [0.4, 0.5) is 17.2 Å². The van der Waals surface area contributed by atoms with Crippen molar-refractivity contribution in [3.05, 3.63) is 35.8 Å². The largest absolute Gasteiger partial charge is 0.489 e. The number of benzene rings is 1. The number of nitrogen functional groups attached to an aromatic ring is 1. The molecule has 0 aliphatic carbocycles. The van der Waals surface area contributed by atoms with Gasteiger partial charge in [0.15, 0.2) is 0 Å². The zero-order valence-electron chi connectivity index (χ0n) is 18.5. The molecule has 0 radical (unpaired) electrons. The number of carbonyl (C=O) groups is 1. The number of nitrogens with one attached hydrogen (secondary N) is 3. The van der Waals surface area contributed by atoms with Crippen LogP contribution in [0.3, 0.4) is 0 Å². The number of rotatable bonds is 6. The molecule has 1 aromatic carbocycles. The third-order valence-corrected chi connectivity index (χ3v) is 5.45. The van der Waals surface area contributed by atoms with E-state index in [2.05, 4.69) is 32.2 Å². The number of carbonyl (C=O) groups excluding carboxylic acids is 1. The summed E-state index contributed by atoms with van der Waals surface area (Å²) in [6.07, 6.45) is 4.23. The topological polar surface area (TPSA) is 136 Å². The number of fused-ring (bicyclic) bond motifs is 1. The van der Waals surface area contributed by atoms with E-state index in [0.29, 0.717) is 58.2 Å². The summed E-state index contributed by atoms with van der Waals surface area (Å²) >= 11 is 0. The molecule has 32 heavy (non-hydrogen) atoms. The second-order valence-corrected chi connectivity index (χ2v) is 8.16. The molecule has 1 aliphatic heterocycles. The van der Waals surface area contributed by atoms with Gasteiger partial charge in [-0.05, 0) is 27.0 Å². The van der Waals surface area contributed by atoms with Crippen LogP contribution < -0.4 is 15.8 Å². The first-order chi connectivity index (χ1) is 15.4. The molecule has 10 heteroatoms. The maximum atomic E-state index is 13.3. The smallest absolute Gasteiger partial charge is 0.256 e. The molecule has 0 atom stereocenters. The van der Waals surface area contributed by atoms with Crippen molar-refractivity contribution in [2.45, 2.75) is 20.0 Å². The van der Waals surface area contributed by atoms with Gasteiger partial charge in [-0.3, -0.25) is 4.79 Å². The summed E-state index contributed by atoms with van der Waals surface area (Å²) < 4.78 is 5.93. The van der Waals surface area contributed by atoms with Crippen LogP contribution in [0.2, 0.25) is 0 Å². The van der Waals surface area contributed by atoms with E-state index in [-0.39, 0.29) is 12.0 Å². The fourth-order valence-corrected chi connectivity index (χ4v) is 3.72. The average molecular weight is 437 g/mol. The van der Waals surface area contributed by atoms with Gasteiger partial charge in [-0.2, -0.15) is 0 Å². The Bertz CT molecular complexity index is 1150. The van der Waals surface area contributed by atoms with Gasteiger partial charge in [0, 0.05) is 55.9 Å². The van der Waals surface area contributed by atoms with Crippen molar-refractivity contribution < 1.29 is 9.53 Å². The summed E-state index contributed by atoms with van der Waals surface area (Å²) in [5, 5.41) is 11.5. The van der Waals surface area contributed by atoms with Crippen LogP contribution >= 0.6 is 0 Å². The first-order valence-corrected chi connectivity index (χ1v) is 10.5. The number of ether oxygens (including phenoxy) is 1. The maximum Gasteiger partial charge on any atom is 0.256 e. The average Bonchev–Trinajstić information content (AvgIpc) is 3.20. The standard InChI is InChI=1S/C22H28N8O2/c1-13(2)32-18-9-16(24)14(10-23)8-17(18)28-21-19-15(11-25-20(19)26-12-27-21)22(31)30-6-4-29(3)5-7-30/h8-13,23H,4-7,24H2,1-3H3,(H2,25,26,27,28). The normalized spacial score (nSPS) is 14.7. The Morgan fingerprint density at radius 2 is 2.03 bits per heavy atom. The Labute approximate surface area is 186 Å². The Balaban J connectivity index is 1.74. The minimum absolute atomic E-state index is 0.0571. The van der Waals surface area contributed by atoms with E-state index in [0.717, 1.165) is 13.1 Å². The third-order valence-electron chi connectivity index (χ3n) is 5.45. The van der Waals surface area contributed by atoms with Crippen molar-refractivity contribution in [1.82, 2.24) is 24.8 Å². The molecule has 1 fully saturated rings. The quantitative estimate of drug-likeness (QED) is 0.344. The lowest BCUT2D eigenvalue weighted by molar-refractivity contribution is 0.0666. The van der Waals surface area contributed by atoms with Gasteiger partial charge in [0.25, 0.3) is 5.91 Å². The molecule has 0 spiro atoms. The summed E-state index contributed by atoms with van der Waals surface area (Å²) in [6.45, 7) is 6.86. The van der Waals surface area contributed by atoms with E-state index in [1.165, 1.54) is 12.5 Å². The molecule has 2 aromatic heterocycles. The molecular weight excluding hydrogens is 408 g/mol. The monoisotopic (exact) mass is 436 g/mol. The van der Waals surface area contributed by atoms with E-state index in [9.17, 15) is 4.79 Å². The number of nitrogens with two attached hydrogens (primary N) is 1. The molecule has 168 valence electrons. The van der Waals surface area contributed by atoms with Crippen LogP contribution in [0.25, 0.3) is 11.0 Å². The van der Waals surface area contributed by atoms with Gasteiger partial charge in [-0.1, -0.05) is 0 Å². The highest BCUT2D eigenvalue weighted by Gasteiger charge is 2.25. The highest BCUT2D eigenvalue weighted by atomic mass is 16.5. The van der Waals surface area contributed by atoms with Crippen LogP contribution in [0, 0.1) is 5.41 Å². The third kappa shape index (κ3) is 4.22. The Morgan fingerprint density at radius 1 is 1.28 bits per heavy atom. The molecule has 4 rings (SSSR count).